The van der Waals surface area contributed by atoms with Crippen molar-refractivity contribution in [3.63, 3.8) is 0 Å². The van der Waals surface area contributed by atoms with E-state index in [-0.39, 0.29) is 12.3 Å². The summed E-state index contributed by atoms with van der Waals surface area (Å²) in [6.07, 6.45) is -0.669. The van der Waals surface area contributed by atoms with Gasteiger partial charge in [-0.1, -0.05) is 18.2 Å². The molecule has 0 aliphatic heterocycles. The average Bonchev–Trinajstić information content (AvgIpc) is 2.26. The molecule has 0 aliphatic carbocycles. The quantitative estimate of drug-likeness (QED) is 0.757. The Hall–Kier alpha value is -2.18. The lowest BCUT2D eigenvalue weighted by Crippen LogP contribution is -2.25. The van der Waals surface area contributed by atoms with E-state index in [9.17, 15) is 18.4 Å². The summed E-state index contributed by atoms with van der Waals surface area (Å²) in [5.41, 5.74) is 0.344. The van der Waals surface area contributed by atoms with Gasteiger partial charge in [0.25, 0.3) is 0 Å². The van der Waals surface area contributed by atoms with Gasteiger partial charge in [0.05, 0.1) is 0 Å². The Morgan fingerprint density at radius 2 is 2.00 bits per heavy atom. The number of halogens is 2. The van der Waals surface area contributed by atoms with Crippen LogP contribution < -0.4 is 10.1 Å². The van der Waals surface area contributed by atoms with Crippen LogP contribution in [0.4, 0.5) is 8.78 Å². The van der Waals surface area contributed by atoms with Gasteiger partial charge >= 0.3 is 12.6 Å². The normalized spacial score (nSPS) is 10.2. The second-order valence-corrected chi connectivity index (χ2v) is 3.33. The molecule has 5 nitrogen and oxygen atoms in total. The fourth-order valence-corrected chi connectivity index (χ4v) is 1.25. The molecule has 0 heterocycles. The summed E-state index contributed by atoms with van der Waals surface area (Å²) in [5.74, 6) is -2.01. The van der Waals surface area contributed by atoms with Gasteiger partial charge in [0.2, 0.25) is 5.91 Å². The van der Waals surface area contributed by atoms with Crippen molar-refractivity contribution in [1.29, 1.82) is 0 Å². The van der Waals surface area contributed by atoms with Crippen LogP contribution in [0.25, 0.3) is 0 Å². The Balaban J connectivity index is 2.61. The lowest BCUT2D eigenvalue weighted by atomic mass is 10.2. The van der Waals surface area contributed by atoms with Crippen LogP contribution in [0, 0.1) is 0 Å². The van der Waals surface area contributed by atoms with E-state index in [0.29, 0.717) is 5.56 Å². The molecule has 0 atom stereocenters. The SMILES string of the molecule is O=C(O)CC(=O)NCc1ccccc1OC(F)F. The number of ether oxygens (including phenoxy) is 1. The monoisotopic (exact) mass is 259 g/mol. The van der Waals surface area contributed by atoms with Crippen LogP contribution in [0.5, 0.6) is 5.75 Å². The number of para-hydroxylation sites is 1. The number of alkyl halides is 2. The van der Waals surface area contributed by atoms with Crippen LogP contribution in [0.2, 0.25) is 0 Å². The molecule has 1 aromatic carbocycles. The van der Waals surface area contributed by atoms with Gasteiger partial charge in [-0.15, -0.1) is 0 Å². The summed E-state index contributed by atoms with van der Waals surface area (Å²) >= 11 is 0. The van der Waals surface area contributed by atoms with E-state index in [2.05, 4.69) is 10.1 Å². The van der Waals surface area contributed by atoms with E-state index in [4.69, 9.17) is 5.11 Å². The molecule has 0 radical (unpaired) electrons. The number of rotatable bonds is 6. The van der Waals surface area contributed by atoms with Crippen LogP contribution in [-0.2, 0) is 16.1 Å². The van der Waals surface area contributed by atoms with E-state index in [1.165, 1.54) is 18.2 Å². The van der Waals surface area contributed by atoms with Crippen molar-refractivity contribution in [2.24, 2.45) is 0 Å². The summed E-state index contributed by atoms with van der Waals surface area (Å²) in [6.45, 7) is -3.03. The number of aliphatic carboxylic acids is 1. The minimum absolute atomic E-state index is 0.0527. The van der Waals surface area contributed by atoms with Crippen molar-refractivity contribution < 1.29 is 28.2 Å². The first-order valence-corrected chi connectivity index (χ1v) is 5.00. The van der Waals surface area contributed by atoms with Crippen molar-refractivity contribution in [1.82, 2.24) is 5.32 Å². The zero-order chi connectivity index (χ0) is 13.5. The van der Waals surface area contributed by atoms with Crippen LogP contribution in [0.1, 0.15) is 12.0 Å². The van der Waals surface area contributed by atoms with Crippen molar-refractivity contribution in [3.8, 4) is 5.75 Å². The molecule has 1 rings (SSSR count). The predicted octanol–water partition coefficient (Wildman–Crippen LogP) is 1.38. The Bertz CT molecular complexity index is 437. The number of carboxylic acid groups (broad SMARTS) is 1. The van der Waals surface area contributed by atoms with E-state index in [1.807, 2.05) is 0 Å². The van der Waals surface area contributed by atoms with E-state index in [1.54, 1.807) is 6.07 Å². The third kappa shape index (κ3) is 4.77. The first-order chi connectivity index (χ1) is 8.49. The van der Waals surface area contributed by atoms with Crippen molar-refractivity contribution in [2.45, 2.75) is 19.6 Å². The maximum absolute atomic E-state index is 12.1. The van der Waals surface area contributed by atoms with Gasteiger partial charge in [-0.05, 0) is 6.07 Å². The first-order valence-electron chi connectivity index (χ1n) is 5.00. The lowest BCUT2D eigenvalue weighted by molar-refractivity contribution is -0.140. The van der Waals surface area contributed by atoms with Gasteiger partial charge < -0.3 is 15.2 Å². The highest BCUT2D eigenvalue weighted by Crippen LogP contribution is 2.19. The number of carbonyl (C=O) groups excluding carboxylic acids is 1. The Kier molecular flexibility index (Phi) is 5.04. The second-order valence-electron chi connectivity index (χ2n) is 3.33. The van der Waals surface area contributed by atoms with E-state index in [0.717, 1.165) is 0 Å². The van der Waals surface area contributed by atoms with Crippen molar-refractivity contribution in [3.05, 3.63) is 29.8 Å². The molecule has 0 saturated carbocycles. The highest BCUT2D eigenvalue weighted by molar-refractivity contribution is 5.93. The maximum atomic E-state index is 12.1. The van der Waals surface area contributed by atoms with Gasteiger partial charge in [-0.3, -0.25) is 9.59 Å². The standard InChI is InChI=1S/C11H11F2NO4/c12-11(13)18-8-4-2-1-3-7(8)6-14-9(15)5-10(16)17/h1-4,11H,5-6H2,(H,14,15)(H,16,17). The molecule has 7 heteroatoms. The third-order valence-corrected chi connectivity index (χ3v) is 1.98. The van der Waals surface area contributed by atoms with Gasteiger partial charge in [0, 0.05) is 12.1 Å². The Labute approximate surface area is 101 Å². The van der Waals surface area contributed by atoms with Crippen LogP contribution in [-0.4, -0.2) is 23.6 Å². The summed E-state index contributed by atoms with van der Waals surface area (Å²) in [5, 5.41) is 10.7. The molecule has 0 aliphatic rings. The molecule has 98 valence electrons. The van der Waals surface area contributed by atoms with Crippen LogP contribution in [0.15, 0.2) is 24.3 Å². The summed E-state index contributed by atoms with van der Waals surface area (Å²) in [4.78, 5) is 21.3. The average molecular weight is 259 g/mol. The predicted molar refractivity (Wildman–Crippen MR) is 57.2 cm³/mol. The molecule has 2 N–H and O–H groups in total. The molecule has 0 unspecified atom stereocenters. The van der Waals surface area contributed by atoms with Gasteiger partial charge in [0.1, 0.15) is 12.2 Å². The van der Waals surface area contributed by atoms with Gasteiger partial charge in [0.15, 0.2) is 0 Å². The third-order valence-electron chi connectivity index (χ3n) is 1.98. The minimum atomic E-state index is -2.96. The number of hydrogen-bond donors (Lipinski definition) is 2. The molecular formula is C11H11F2NO4. The molecule has 0 aromatic heterocycles. The van der Waals surface area contributed by atoms with Crippen LogP contribution >= 0.6 is 0 Å². The molecule has 18 heavy (non-hydrogen) atoms. The fourth-order valence-electron chi connectivity index (χ4n) is 1.25. The first kappa shape index (κ1) is 13.9. The molecule has 0 spiro atoms. The highest BCUT2D eigenvalue weighted by Gasteiger charge is 2.11. The number of benzene rings is 1. The summed E-state index contributed by atoms with van der Waals surface area (Å²) in [6, 6.07) is 5.95. The topological polar surface area (TPSA) is 75.6 Å². The number of carboxylic acids is 1. The number of hydrogen-bond acceptors (Lipinski definition) is 3. The summed E-state index contributed by atoms with van der Waals surface area (Å²) in [7, 11) is 0. The minimum Gasteiger partial charge on any atom is -0.481 e. The maximum Gasteiger partial charge on any atom is 0.387 e. The Morgan fingerprint density at radius 3 is 2.61 bits per heavy atom. The van der Waals surface area contributed by atoms with Crippen LogP contribution in [0.3, 0.4) is 0 Å². The molecule has 1 amide bonds. The molecule has 1 aromatic rings. The fraction of sp³-hybridized carbons (Fsp3) is 0.273. The van der Waals surface area contributed by atoms with Crippen molar-refractivity contribution in [2.75, 3.05) is 0 Å². The van der Waals surface area contributed by atoms with Crippen molar-refractivity contribution >= 4 is 11.9 Å². The lowest BCUT2D eigenvalue weighted by Gasteiger charge is -2.10. The second kappa shape index (κ2) is 6.53. The van der Waals surface area contributed by atoms with E-state index < -0.39 is 24.9 Å². The van der Waals surface area contributed by atoms with Gasteiger partial charge in [-0.25, -0.2) is 0 Å². The Morgan fingerprint density at radius 1 is 1.33 bits per heavy atom. The summed E-state index contributed by atoms with van der Waals surface area (Å²) < 4.78 is 28.4. The smallest absolute Gasteiger partial charge is 0.387 e. The van der Waals surface area contributed by atoms with Gasteiger partial charge in [-0.2, -0.15) is 8.78 Å². The van der Waals surface area contributed by atoms with E-state index >= 15 is 0 Å². The molecule has 0 saturated heterocycles. The number of nitrogens with one attached hydrogen (secondary N) is 1. The zero-order valence-corrected chi connectivity index (χ0v) is 9.23. The zero-order valence-electron chi connectivity index (χ0n) is 9.23. The number of amides is 1. The highest BCUT2D eigenvalue weighted by atomic mass is 19.3. The molecular weight excluding hydrogens is 248 g/mol. The number of carbonyl (C=O) groups is 2. The molecule has 0 bridgehead atoms. The largest absolute Gasteiger partial charge is 0.481 e. The molecule has 0 fully saturated rings.